The molecule has 0 aliphatic carbocycles. The van der Waals surface area contributed by atoms with Crippen molar-refractivity contribution in [2.24, 2.45) is 0 Å². The quantitative estimate of drug-likeness (QED) is 0.411. The van der Waals surface area contributed by atoms with Crippen LogP contribution in [0, 0.1) is 5.82 Å². The van der Waals surface area contributed by atoms with Crippen molar-refractivity contribution >= 4 is 18.0 Å². The molecule has 0 saturated carbocycles. The van der Waals surface area contributed by atoms with Crippen LogP contribution in [0.15, 0.2) is 24.3 Å². The Morgan fingerprint density at radius 2 is 2.17 bits per heavy atom. The Labute approximate surface area is 69.5 Å². The first-order valence-electron chi connectivity index (χ1n) is 3.41. The monoisotopic (exact) mass is 165 g/mol. The maximum Gasteiger partial charge on any atom is 0.142 e. The normalized spacial score (nSPS) is 10.4. The molecule has 0 fully saturated rings. The molecule has 0 heterocycles. The summed E-state index contributed by atoms with van der Waals surface area (Å²) in [6.07, 6.45) is 3.18. The molecule has 3 heteroatoms. The van der Waals surface area contributed by atoms with Crippen molar-refractivity contribution in [2.75, 3.05) is 5.73 Å². The van der Waals surface area contributed by atoms with Gasteiger partial charge in [-0.3, -0.25) is 4.79 Å². The highest BCUT2D eigenvalue weighted by Gasteiger charge is 1.96. The van der Waals surface area contributed by atoms with Crippen LogP contribution >= 0.6 is 0 Å². The van der Waals surface area contributed by atoms with Crippen LogP contribution < -0.4 is 5.73 Å². The molecule has 0 spiro atoms. The van der Waals surface area contributed by atoms with Crippen LogP contribution in [-0.4, -0.2) is 6.29 Å². The van der Waals surface area contributed by atoms with Gasteiger partial charge in [-0.2, -0.15) is 0 Å². The standard InChI is InChI=1S/C9H8FNO/c10-9-4-3-8(11)6-7(9)2-1-5-12/h1-6H,11H2. The Kier molecular flexibility index (Phi) is 2.58. The smallest absolute Gasteiger partial charge is 0.142 e. The third kappa shape index (κ3) is 1.92. The zero-order chi connectivity index (χ0) is 8.97. The molecule has 2 nitrogen and oxygen atoms in total. The summed E-state index contributed by atoms with van der Waals surface area (Å²) in [6.45, 7) is 0. The maximum atomic E-state index is 12.9. The molecule has 0 aromatic heterocycles. The molecule has 1 aromatic rings. The number of anilines is 1. The molecular weight excluding hydrogens is 157 g/mol. The van der Waals surface area contributed by atoms with E-state index in [4.69, 9.17) is 5.73 Å². The van der Waals surface area contributed by atoms with Gasteiger partial charge in [-0.05, 0) is 30.4 Å². The van der Waals surface area contributed by atoms with Gasteiger partial charge < -0.3 is 5.73 Å². The summed E-state index contributed by atoms with van der Waals surface area (Å²) in [5.74, 6) is -0.387. The average molecular weight is 165 g/mol. The molecular formula is C9H8FNO. The van der Waals surface area contributed by atoms with Crippen LogP contribution in [0.4, 0.5) is 10.1 Å². The largest absolute Gasteiger partial charge is 0.399 e. The van der Waals surface area contributed by atoms with E-state index < -0.39 is 0 Å². The third-order valence-electron chi connectivity index (χ3n) is 1.37. The van der Waals surface area contributed by atoms with Crippen LogP contribution in [0.5, 0.6) is 0 Å². The summed E-state index contributed by atoms with van der Waals surface area (Å²) in [5, 5.41) is 0. The fourth-order valence-electron chi connectivity index (χ4n) is 0.833. The van der Waals surface area contributed by atoms with Gasteiger partial charge in [0.2, 0.25) is 0 Å². The maximum absolute atomic E-state index is 12.9. The number of nitrogen functional groups attached to an aromatic ring is 1. The Bertz CT molecular complexity index is 320. The predicted molar refractivity (Wildman–Crippen MR) is 45.9 cm³/mol. The number of carbonyl (C=O) groups excluding carboxylic acids is 1. The second-order valence-corrected chi connectivity index (χ2v) is 2.28. The highest BCUT2D eigenvalue weighted by molar-refractivity contribution is 5.74. The van der Waals surface area contributed by atoms with E-state index in [2.05, 4.69) is 0 Å². The zero-order valence-electron chi connectivity index (χ0n) is 6.33. The number of nitrogens with two attached hydrogens (primary N) is 1. The lowest BCUT2D eigenvalue weighted by molar-refractivity contribution is -0.104. The van der Waals surface area contributed by atoms with Crippen molar-refractivity contribution in [3.05, 3.63) is 35.7 Å². The van der Waals surface area contributed by atoms with Crippen molar-refractivity contribution in [1.82, 2.24) is 0 Å². The Morgan fingerprint density at radius 3 is 2.83 bits per heavy atom. The SMILES string of the molecule is Nc1ccc(F)c(C=CC=O)c1. The van der Waals surface area contributed by atoms with E-state index in [0.717, 1.165) is 0 Å². The van der Waals surface area contributed by atoms with Gasteiger partial charge in [0.25, 0.3) is 0 Å². The second-order valence-electron chi connectivity index (χ2n) is 2.28. The Hall–Kier alpha value is -1.64. The van der Waals surface area contributed by atoms with E-state index in [0.29, 0.717) is 17.5 Å². The van der Waals surface area contributed by atoms with E-state index >= 15 is 0 Å². The topological polar surface area (TPSA) is 43.1 Å². The van der Waals surface area contributed by atoms with Crippen molar-refractivity contribution in [2.45, 2.75) is 0 Å². The van der Waals surface area contributed by atoms with E-state index in [1.807, 2.05) is 0 Å². The highest BCUT2D eigenvalue weighted by Crippen LogP contribution is 2.12. The molecule has 0 unspecified atom stereocenters. The van der Waals surface area contributed by atoms with Crippen LogP contribution in [0.2, 0.25) is 0 Å². The number of halogens is 1. The fourth-order valence-corrected chi connectivity index (χ4v) is 0.833. The van der Waals surface area contributed by atoms with Gasteiger partial charge in [-0.15, -0.1) is 0 Å². The Balaban J connectivity index is 3.04. The average Bonchev–Trinajstić information content (AvgIpc) is 2.07. The van der Waals surface area contributed by atoms with Gasteiger partial charge in [0.15, 0.2) is 0 Å². The molecule has 1 aromatic carbocycles. The lowest BCUT2D eigenvalue weighted by Gasteiger charge is -1.97. The summed E-state index contributed by atoms with van der Waals surface area (Å²) < 4.78 is 12.9. The first kappa shape index (κ1) is 8.46. The predicted octanol–water partition coefficient (Wildman–Crippen LogP) is 1.62. The van der Waals surface area contributed by atoms with Crippen molar-refractivity contribution in [3.8, 4) is 0 Å². The van der Waals surface area contributed by atoms with E-state index in [1.165, 1.54) is 30.4 Å². The lowest BCUT2D eigenvalue weighted by Crippen LogP contribution is -1.88. The summed E-state index contributed by atoms with van der Waals surface area (Å²) in [7, 11) is 0. The number of hydrogen-bond donors (Lipinski definition) is 1. The van der Waals surface area contributed by atoms with Gasteiger partial charge in [0.1, 0.15) is 12.1 Å². The van der Waals surface area contributed by atoms with E-state index in [-0.39, 0.29) is 5.82 Å². The van der Waals surface area contributed by atoms with Gasteiger partial charge in [-0.25, -0.2) is 4.39 Å². The minimum Gasteiger partial charge on any atom is -0.399 e. The highest BCUT2D eigenvalue weighted by atomic mass is 19.1. The van der Waals surface area contributed by atoms with E-state index in [1.54, 1.807) is 0 Å². The fraction of sp³-hybridized carbons (Fsp3) is 0. The molecule has 0 atom stereocenters. The molecule has 0 saturated heterocycles. The molecule has 0 bridgehead atoms. The summed E-state index contributed by atoms with van der Waals surface area (Å²) >= 11 is 0. The number of rotatable bonds is 2. The molecule has 2 N–H and O–H groups in total. The minimum absolute atomic E-state index is 0.321. The number of allylic oxidation sites excluding steroid dienone is 1. The van der Waals surface area contributed by atoms with Crippen LogP contribution in [0.25, 0.3) is 6.08 Å². The van der Waals surface area contributed by atoms with Crippen LogP contribution in [0.3, 0.4) is 0 Å². The second kappa shape index (κ2) is 3.67. The van der Waals surface area contributed by atoms with Crippen LogP contribution in [0.1, 0.15) is 5.56 Å². The zero-order valence-corrected chi connectivity index (χ0v) is 6.33. The van der Waals surface area contributed by atoms with Gasteiger partial charge >= 0.3 is 0 Å². The number of hydrogen-bond acceptors (Lipinski definition) is 2. The number of benzene rings is 1. The van der Waals surface area contributed by atoms with Crippen molar-refractivity contribution in [1.29, 1.82) is 0 Å². The minimum atomic E-state index is -0.387. The first-order chi connectivity index (χ1) is 5.74. The van der Waals surface area contributed by atoms with E-state index in [9.17, 15) is 9.18 Å². The molecule has 12 heavy (non-hydrogen) atoms. The Morgan fingerprint density at radius 1 is 1.42 bits per heavy atom. The summed E-state index contributed by atoms with van der Waals surface area (Å²) in [4.78, 5) is 9.93. The number of aldehydes is 1. The van der Waals surface area contributed by atoms with Gasteiger partial charge in [0, 0.05) is 11.3 Å². The third-order valence-corrected chi connectivity index (χ3v) is 1.37. The molecule has 1 rings (SSSR count). The molecule has 0 aliphatic rings. The van der Waals surface area contributed by atoms with Crippen LogP contribution in [-0.2, 0) is 4.79 Å². The molecule has 0 radical (unpaired) electrons. The molecule has 0 aliphatic heterocycles. The van der Waals surface area contributed by atoms with Crippen molar-refractivity contribution < 1.29 is 9.18 Å². The summed E-state index contributed by atoms with van der Waals surface area (Å²) in [6, 6.07) is 4.20. The first-order valence-corrected chi connectivity index (χ1v) is 3.41. The lowest BCUT2D eigenvalue weighted by atomic mass is 10.2. The van der Waals surface area contributed by atoms with Gasteiger partial charge in [-0.1, -0.05) is 0 Å². The number of carbonyl (C=O) groups is 1. The molecule has 62 valence electrons. The van der Waals surface area contributed by atoms with Crippen molar-refractivity contribution in [3.63, 3.8) is 0 Å². The van der Waals surface area contributed by atoms with Gasteiger partial charge in [0.05, 0.1) is 0 Å². The molecule has 0 amide bonds. The summed E-state index contributed by atoms with van der Waals surface area (Å²) in [5.41, 5.74) is 6.21.